The Morgan fingerprint density at radius 2 is 1.90 bits per heavy atom. The fraction of sp³-hybridized carbons (Fsp3) is 0. The molecule has 0 aliphatic carbocycles. The highest BCUT2D eigenvalue weighted by Gasteiger charge is 2.10. The summed E-state index contributed by atoms with van der Waals surface area (Å²) in [6, 6.07) is 11.4. The van der Waals surface area contributed by atoms with Gasteiger partial charge in [-0.05, 0) is 6.07 Å². The Bertz CT molecular complexity index is 754. The fourth-order valence-electron chi connectivity index (χ4n) is 1.80. The summed E-state index contributed by atoms with van der Waals surface area (Å²) in [5, 5.41) is 10.4. The van der Waals surface area contributed by atoms with E-state index in [2.05, 4.69) is 9.97 Å². The van der Waals surface area contributed by atoms with Crippen LogP contribution in [0, 0.1) is 0 Å². The number of hydrogen-bond acceptors (Lipinski definition) is 5. The number of aromatic nitrogens is 2. The molecule has 98 valence electrons. The molecule has 0 aliphatic rings. The Labute approximate surface area is 119 Å². The van der Waals surface area contributed by atoms with Crippen LogP contribution < -0.4 is 0 Å². The van der Waals surface area contributed by atoms with Crippen molar-refractivity contribution >= 4 is 17.6 Å². The number of aldehydes is 1. The van der Waals surface area contributed by atoms with E-state index < -0.39 is 0 Å². The van der Waals surface area contributed by atoms with Gasteiger partial charge in [-0.1, -0.05) is 30.3 Å². The average molecular weight is 282 g/mol. The molecule has 0 radical (unpaired) electrons. The van der Waals surface area contributed by atoms with Gasteiger partial charge in [0.15, 0.2) is 6.29 Å². The number of benzene rings is 1. The van der Waals surface area contributed by atoms with Gasteiger partial charge in [-0.15, -0.1) is 11.3 Å². The van der Waals surface area contributed by atoms with Crippen molar-refractivity contribution in [2.75, 3.05) is 0 Å². The summed E-state index contributed by atoms with van der Waals surface area (Å²) in [4.78, 5) is 20.2. The Morgan fingerprint density at radius 3 is 2.65 bits per heavy atom. The van der Waals surface area contributed by atoms with Gasteiger partial charge in [-0.3, -0.25) is 9.78 Å². The third-order valence-electron chi connectivity index (χ3n) is 2.82. The summed E-state index contributed by atoms with van der Waals surface area (Å²) in [5.74, 6) is -0.114. The van der Waals surface area contributed by atoms with E-state index in [1.54, 1.807) is 12.3 Å². The number of hydrogen-bond donors (Lipinski definition) is 1. The maximum absolute atomic E-state index is 10.8. The van der Waals surface area contributed by atoms with Gasteiger partial charge in [0.1, 0.15) is 10.8 Å². The van der Waals surface area contributed by atoms with Crippen LogP contribution in [0.4, 0.5) is 0 Å². The zero-order valence-corrected chi connectivity index (χ0v) is 11.2. The van der Waals surface area contributed by atoms with E-state index in [4.69, 9.17) is 0 Å². The summed E-state index contributed by atoms with van der Waals surface area (Å²) in [7, 11) is 0. The molecule has 1 aromatic carbocycles. The quantitative estimate of drug-likeness (QED) is 0.748. The predicted octanol–water partition coefficient (Wildman–Crippen LogP) is 3.39. The third kappa shape index (κ3) is 2.31. The van der Waals surface area contributed by atoms with Crippen LogP contribution in [-0.2, 0) is 0 Å². The first-order valence-electron chi connectivity index (χ1n) is 5.94. The second-order valence-corrected chi connectivity index (χ2v) is 5.17. The molecule has 0 aliphatic heterocycles. The number of carbonyl (C=O) groups is 1. The minimum Gasteiger partial charge on any atom is -0.506 e. The first-order valence-corrected chi connectivity index (χ1v) is 6.75. The zero-order chi connectivity index (χ0) is 13.9. The van der Waals surface area contributed by atoms with Crippen LogP contribution in [0.25, 0.3) is 21.1 Å². The molecule has 0 fully saturated rings. The lowest BCUT2D eigenvalue weighted by atomic mass is 10.2. The van der Waals surface area contributed by atoms with Gasteiger partial charge < -0.3 is 5.11 Å². The number of pyridine rings is 1. The fourth-order valence-corrected chi connectivity index (χ4v) is 2.69. The van der Waals surface area contributed by atoms with Crippen LogP contribution in [-0.4, -0.2) is 21.4 Å². The van der Waals surface area contributed by atoms with Crippen molar-refractivity contribution in [1.82, 2.24) is 9.97 Å². The lowest BCUT2D eigenvalue weighted by molar-refractivity contribution is 0.112. The van der Waals surface area contributed by atoms with Crippen LogP contribution >= 0.6 is 11.3 Å². The van der Waals surface area contributed by atoms with Gasteiger partial charge in [-0.2, -0.15) is 0 Å². The van der Waals surface area contributed by atoms with E-state index in [0.717, 1.165) is 15.4 Å². The van der Waals surface area contributed by atoms with Gasteiger partial charge >= 0.3 is 0 Å². The molecule has 4 nitrogen and oxygen atoms in total. The second-order valence-electron chi connectivity index (χ2n) is 4.14. The van der Waals surface area contributed by atoms with Crippen molar-refractivity contribution in [1.29, 1.82) is 0 Å². The molecular formula is C15H10N2O2S. The molecule has 0 atom stereocenters. The number of rotatable bonds is 3. The summed E-state index contributed by atoms with van der Waals surface area (Å²) >= 11 is 1.49. The minimum absolute atomic E-state index is 0.114. The van der Waals surface area contributed by atoms with E-state index in [0.29, 0.717) is 12.0 Å². The van der Waals surface area contributed by atoms with Crippen LogP contribution in [0.5, 0.6) is 5.75 Å². The topological polar surface area (TPSA) is 63.1 Å². The molecule has 0 bridgehead atoms. The smallest absolute Gasteiger partial charge is 0.153 e. The van der Waals surface area contributed by atoms with E-state index in [9.17, 15) is 9.90 Å². The average Bonchev–Trinajstić information content (AvgIpc) is 2.98. The molecule has 3 rings (SSSR count). The highest BCUT2D eigenvalue weighted by atomic mass is 32.1. The third-order valence-corrected chi connectivity index (χ3v) is 3.89. The van der Waals surface area contributed by atoms with Crippen LogP contribution in [0.3, 0.4) is 0 Å². The van der Waals surface area contributed by atoms with Crippen molar-refractivity contribution in [3.63, 3.8) is 0 Å². The molecule has 0 unspecified atom stereocenters. The highest BCUT2D eigenvalue weighted by molar-refractivity contribution is 7.18. The minimum atomic E-state index is -0.114. The van der Waals surface area contributed by atoms with Crippen LogP contribution in [0.2, 0.25) is 0 Å². The zero-order valence-electron chi connectivity index (χ0n) is 10.4. The van der Waals surface area contributed by atoms with E-state index in [-0.39, 0.29) is 11.3 Å². The van der Waals surface area contributed by atoms with Crippen molar-refractivity contribution in [3.05, 3.63) is 54.4 Å². The molecule has 2 aromatic heterocycles. The van der Waals surface area contributed by atoms with Crippen molar-refractivity contribution in [2.45, 2.75) is 0 Å². The lowest BCUT2D eigenvalue weighted by Gasteiger charge is -1.99. The molecular weight excluding hydrogens is 272 g/mol. The SMILES string of the molecule is O=Cc1cc(-c2cnc(-c3ccccc3)s2)ncc1O. The summed E-state index contributed by atoms with van der Waals surface area (Å²) in [6.45, 7) is 0. The molecule has 0 saturated carbocycles. The van der Waals surface area contributed by atoms with E-state index in [1.807, 2.05) is 30.3 Å². The molecule has 3 aromatic rings. The highest BCUT2D eigenvalue weighted by Crippen LogP contribution is 2.32. The monoisotopic (exact) mass is 282 g/mol. The number of nitrogens with zero attached hydrogens (tertiary/aromatic N) is 2. The molecule has 5 heteroatoms. The standard InChI is InChI=1S/C15H10N2O2S/c18-9-11-6-12(16-7-13(11)19)14-8-17-15(20-14)10-4-2-1-3-5-10/h1-9,19H. The maximum atomic E-state index is 10.8. The van der Waals surface area contributed by atoms with E-state index in [1.165, 1.54) is 17.5 Å². The molecule has 0 saturated heterocycles. The molecule has 2 heterocycles. The molecule has 0 amide bonds. The Balaban J connectivity index is 2.00. The van der Waals surface area contributed by atoms with Crippen molar-refractivity contribution in [3.8, 4) is 26.9 Å². The van der Waals surface area contributed by atoms with Crippen LogP contribution in [0.1, 0.15) is 10.4 Å². The number of carbonyl (C=O) groups excluding carboxylic acids is 1. The molecule has 0 spiro atoms. The first kappa shape index (κ1) is 12.5. The Morgan fingerprint density at radius 1 is 1.10 bits per heavy atom. The maximum Gasteiger partial charge on any atom is 0.153 e. The summed E-state index contributed by atoms with van der Waals surface area (Å²) in [5.41, 5.74) is 1.90. The van der Waals surface area contributed by atoms with Crippen molar-refractivity contribution < 1.29 is 9.90 Å². The molecule has 1 N–H and O–H groups in total. The first-order chi connectivity index (χ1) is 9.78. The summed E-state index contributed by atoms with van der Waals surface area (Å²) < 4.78 is 0. The predicted molar refractivity (Wildman–Crippen MR) is 77.8 cm³/mol. The normalized spacial score (nSPS) is 10.4. The van der Waals surface area contributed by atoms with Crippen molar-refractivity contribution in [2.24, 2.45) is 0 Å². The lowest BCUT2D eigenvalue weighted by Crippen LogP contribution is -1.86. The number of aromatic hydroxyl groups is 1. The Hall–Kier alpha value is -2.53. The Kier molecular flexibility index (Phi) is 3.26. The molecule has 20 heavy (non-hydrogen) atoms. The number of thiazole rings is 1. The largest absolute Gasteiger partial charge is 0.506 e. The van der Waals surface area contributed by atoms with Gasteiger partial charge in [0.05, 0.1) is 22.3 Å². The van der Waals surface area contributed by atoms with Gasteiger partial charge in [0.25, 0.3) is 0 Å². The van der Waals surface area contributed by atoms with Crippen LogP contribution in [0.15, 0.2) is 48.8 Å². The second kappa shape index (κ2) is 5.22. The van der Waals surface area contributed by atoms with Gasteiger partial charge in [-0.25, -0.2) is 4.98 Å². The van der Waals surface area contributed by atoms with Gasteiger partial charge in [0.2, 0.25) is 0 Å². The van der Waals surface area contributed by atoms with E-state index >= 15 is 0 Å². The summed E-state index contributed by atoms with van der Waals surface area (Å²) in [6.07, 6.45) is 3.61. The van der Waals surface area contributed by atoms with Gasteiger partial charge in [0, 0.05) is 11.8 Å².